The van der Waals surface area contributed by atoms with E-state index < -0.39 is 0 Å². The average molecular weight is 189 g/mol. The first-order valence-electron chi connectivity index (χ1n) is 4.06. The van der Waals surface area contributed by atoms with Gasteiger partial charge >= 0.3 is 7.69 Å². The Balaban J connectivity index is 0.000000293. The highest BCUT2D eigenvalue weighted by molar-refractivity contribution is 6.13. The third-order valence-corrected chi connectivity index (χ3v) is 1.73. The zero-order valence-corrected chi connectivity index (χ0v) is 7.46. The van der Waals surface area contributed by atoms with Crippen molar-refractivity contribution in [1.82, 2.24) is 0 Å². The van der Waals surface area contributed by atoms with Crippen molar-refractivity contribution in [2.24, 2.45) is 0 Å². The molecule has 0 heterocycles. The van der Waals surface area contributed by atoms with Gasteiger partial charge in [0, 0.05) is 0 Å². The van der Waals surface area contributed by atoms with Crippen LogP contribution in [0.1, 0.15) is 0 Å². The normalized spacial score (nSPS) is 9.00. The molecule has 1 radical (unpaired) electrons. The van der Waals surface area contributed by atoms with Crippen LogP contribution in [0.4, 0.5) is 0 Å². The third kappa shape index (κ3) is 2.76. The van der Waals surface area contributed by atoms with Gasteiger partial charge < -0.3 is 15.2 Å². The molecule has 0 atom stereocenters. The largest absolute Gasteiger partial charge is 0.508 e. The van der Waals surface area contributed by atoms with E-state index in [-0.39, 0.29) is 7.69 Å². The summed E-state index contributed by atoms with van der Waals surface area (Å²) < 4.78 is 0. The number of phenols is 1. The molecule has 4 heteroatoms. The van der Waals surface area contributed by atoms with Crippen molar-refractivity contribution in [2.45, 2.75) is 0 Å². The van der Waals surface area contributed by atoms with E-state index in [0.29, 0.717) is 5.75 Å². The first-order chi connectivity index (χ1) is 6.77. The molecule has 2 rings (SSSR count). The van der Waals surface area contributed by atoms with Crippen LogP contribution in [0.2, 0.25) is 0 Å². The van der Waals surface area contributed by atoms with Gasteiger partial charge in [-0.05, 0) is 22.9 Å². The highest BCUT2D eigenvalue weighted by atomic mass is 16.4. The summed E-state index contributed by atoms with van der Waals surface area (Å²) in [5.41, 5.74) is 0. The van der Waals surface area contributed by atoms with Crippen LogP contribution in [-0.2, 0) is 0 Å². The standard InChI is InChI=1S/C10H8O.BH2O2/c11-10-6-5-8-3-1-2-4-9(8)7-10;2-1-3/h1-7,11H;2-3H. The number of benzene rings is 2. The van der Waals surface area contributed by atoms with Gasteiger partial charge in [0.25, 0.3) is 0 Å². The van der Waals surface area contributed by atoms with Gasteiger partial charge in [0.15, 0.2) is 0 Å². The number of fused-ring (bicyclic) bond motifs is 1. The predicted molar refractivity (Wildman–Crippen MR) is 55.8 cm³/mol. The molecule has 0 amide bonds. The van der Waals surface area contributed by atoms with Gasteiger partial charge in [0.05, 0.1) is 0 Å². The molecule has 0 unspecified atom stereocenters. The Morgan fingerprint density at radius 1 is 0.857 bits per heavy atom. The first-order valence-corrected chi connectivity index (χ1v) is 4.06. The second-order valence-electron chi connectivity index (χ2n) is 2.65. The molecule has 14 heavy (non-hydrogen) atoms. The minimum absolute atomic E-state index is 0. The zero-order chi connectivity index (χ0) is 10.4. The molecule has 0 fully saturated rings. The summed E-state index contributed by atoms with van der Waals surface area (Å²) in [6.45, 7) is 0. The fourth-order valence-electron chi connectivity index (χ4n) is 1.18. The van der Waals surface area contributed by atoms with E-state index in [0.717, 1.165) is 10.8 Å². The maximum Gasteiger partial charge on any atom is 0.482 e. The van der Waals surface area contributed by atoms with Crippen molar-refractivity contribution in [3.05, 3.63) is 42.5 Å². The van der Waals surface area contributed by atoms with Crippen LogP contribution >= 0.6 is 0 Å². The Kier molecular flexibility index (Phi) is 3.97. The summed E-state index contributed by atoms with van der Waals surface area (Å²) in [5, 5.41) is 25.4. The van der Waals surface area contributed by atoms with Crippen molar-refractivity contribution >= 4 is 18.5 Å². The Morgan fingerprint density at radius 2 is 1.43 bits per heavy atom. The van der Waals surface area contributed by atoms with Gasteiger partial charge in [0.1, 0.15) is 5.75 Å². The molecule has 2 aromatic rings. The highest BCUT2D eigenvalue weighted by Crippen LogP contribution is 2.18. The van der Waals surface area contributed by atoms with Gasteiger partial charge in [-0.2, -0.15) is 0 Å². The highest BCUT2D eigenvalue weighted by Gasteiger charge is 1.91. The molecule has 0 aliphatic heterocycles. The van der Waals surface area contributed by atoms with Crippen LogP contribution < -0.4 is 0 Å². The summed E-state index contributed by atoms with van der Waals surface area (Å²) in [6.07, 6.45) is 0. The van der Waals surface area contributed by atoms with E-state index in [2.05, 4.69) is 0 Å². The van der Waals surface area contributed by atoms with E-state index >= 15 is 0 Å². The van der Waals surface area contributed by atoms with Crippen LogP contribution in [0.5, 0.6) is 5.75 Å². The summed E-state index contributed by atoms with van der Waals surface area (Å²) >= 11 is 0. The summed E-state index contributed by atoms with van der Waals surface area (Å²) in [7, 11) is 0. The van der Waals surface area contributed by atoms with Crippen LogP contribution in [0.15, 0.2) is 42.5 Å². The van der Waals surface area contributed by atoms with Crippen molar-refractivity contribution in [3.63, 3.8) is 0 Å². The Labute approximate surface area is 82.6 Å². The van der Waals surface area contributed by atoms with Gasteiger partial charge in [0.2, 0.25) is 0 Å². The van der Waals surface area contributed by atoms with E-state index in [4.69, 9.17) is 15.2 Å². The fraction of sp³-hybridized carbons (Fsp3) is 0. The molecule has 71 valence electrons. The number of hydrogen-bond acceptors (Lipinski definition) is 3. The number of hydrogen-bond donors (Lipinski definition) is 3. The lowest BCUT2D eigenvalue weighted by Gasteiger charge is -1.96. The maximum absolute atomic E-state index is 9.13. The van der Waals surface area contributed by atoms with E-state index in [1.165, 1.54) is 0 Å². The second-order valence-corrected chi connectivity index (χ2v) is 2.65. The Hall–Kier alpha value is -1.52. The average Bonchev–Trinajstić information content (AvgIpc) is 2.19. The predicted octanol–water partition coefficient (Wildman–Crippen LogP) is 1.05. The summed E-state index contributed by atoms with van der Waals surface area (Å²) in [4.78, 5) is 0. The number of aromatic hydroxyl groups is 1. The third-order valence-electron chi connectivity index (χ3n) is 1.73. The molecule has 2 aromatic carbocycles. The molecule has 0 aliphatic carbocycles. The van der Waals surface area contributed by atoms with Crippen LogP contribution in [-0.4, -0.2) is 22.8 Å². The summed E-state index contributed by atoms with van der Waals surface area (Å²) in [6, 6.07) is 13.3. The van der Waals surface area contributed by atoms with Crippen molar-refractivity contribution in [3.8, 4) is 5.75 Å². The molecular formula is C10H10BO3. The van der Waals surface area contributed by atoms with Gasteiger partial charge in [-0.15, -0.1) is 0 Å². The molecule has 0 spiro atoms. The van der Waals surface area contributed by atoms with E-state index in [9.17, 15) is 0 Å². The van der Waals surface area contributed by atoms with Crippen LogP contribution in [0, 0.1) is 0 Å². The first kappa shape index (κ1) is 10.6. The minimum atomic E-state index is 0. The quantitative estimate of drug-likeness (QED) is 0.542. The van der Waals surface area contributed by atoms with E-state index in [1.54, 1.807) is 12.1 Å². The lowest BCUT2D eigenvalue weighted by atomic mass is 10.1. The minimum Gasteiger partial charge on any atom is -0.508 e. The van der Waals surface area contributed by atoms with E-state index in [1.807, 2.05) is 30.3 Å². The molecule has 3 N–H and O–H groups in total. The second kappa shape index (κ2) is 5.27. The number of rotatable bonds is 0. The molecule has 3 nitrogen and oxygen atoms in total. The molecule has 0 saturated heterocycles. The number of phenolic OH excluding ortho intramolecular Hbond substituents is 1. The molecule has 0 aliphatic rings. The summed E-state index contributed by atoms with van der Waals surface area (Å²) in [5.74, 6) is 0.323. The Bertz CT molecular complexity index is 403. The maximum atomic E-state index is 9.13. The fourth-order valence-corrected chi connectivity index (χ4v) is 1.18. The lowest BCUT2D eigenvalue weighted by Crippen LogP contribution is -1.75. The van der Waals surface area contributed by atoms with Crippen LogP contribution in [0.25, 0.3) is 10.8 Å². The molecule has 0 bridgehead atoms. The SMILES string of the molecule is O[B]O.Oc1ccc2ccccc2c1. The smallest absolute Gasteiger partial charge is 0.482 e. The van der Waals surface area contributed by atoms with Crippen LogP contribution in [0.3, 0.4) is 0 Å². The molecule has 0 saturated carbocycles. The van der Waals surface area contributed by atoms with Crippen molar-refractivity contribution in [2.75, 3.05) is 0 Å². The zero-order valence-electron chi connectivity index (χ0n) is 7.46. The monoisotopic (exact) mass is 189 g/mol. The topological polar surface area (TPSA) is 60.7 Å². The molecule has 0 aromatic heterocycles. The lowest BCUT2D eigenvalue weighted by molar-refractivity contribution is 0.448. The van der Waals surface area contributed by atoms with Crippen molar-refractivity contribution < 1.29 is 15.2 Å². The van der Waals surface area contributed by atoms with Gasteiger partial charge in [-0.1, -0.05) is 30.3 Å². The van der Waals surface area contributed by atoms with Crippen molar-refractivity contribution in [1.29, 1.82) is 0 Å². The Morgan fingerprint density at radius 3 is 2.07 bits per heavy atom. The van der Waals surface area contributed by atoms with Gasteiger partial charge in [-0.25, -0.2) is 0 Å². The molecular weight excluding hydrogens is 179 g/mol. The van der Waals surface area contributed by atoms with Gasteiger partial charge in [-0.3, -0.25) is 0 Å².